The van der Waals surface area contributed by atoms with Crippen LogP contribution in [-0.2, 0) is 10.0 Å². The molecule has 2 aliphatic heterocycles. The third kappa shape index (κ3) is 2.79. The molecule has 23 heavy (non-hydrogen) atoms. The first-order chi connectivity index (χ1) is 10.3. The Morgan fingerprint density at radius 1 is 0.783 bits per heavy atom. The molecule has 5 nitrogen and oxygen atoms in total. The van der Waals surface area contributed by atoms with Crippen LogP contribution in [0.1, 0.15) is 25.7 Å². The molecule has 0 spiro atoms. The van der Waals surface area contributed by atoms with Crippen molar-refractivity contribution in [2.45, 2.75) is 25.7 Å². The average molecular weight is 379 g/mol. The van der Waals surface area contributed by atoms with Crippen LogP contribution in [0.3, 0.4) is 0 Å². The second-order valence-corrected chi connectivity index (χ2v) is 24.8. The topological polar surface area (TPSA) is 64.8 Å². The summed E-state index contributed by atoms with van der Waals surface area (Å²) in [6.07, 6.45) is 10.9. The molecule has 0 radical (unpaired) electrons. The summed E-state index contributed by atoms with van der Waals surface area (Å²) in [5.41, 5.74) is 2.20. The number of nitrogens with zero attached hydrogens (tertiary/aromatic N) is 3. The summed E-state index contributed by atoms with van der Waals surface area (Å²) in [6, 6.07) is 0. The molecule has 0 aromatic carbocycles. The van der Waals surface area contributed by atoms with E-state index in [4.69, 9.17) is 0 Å². The first kappa shape index (κ1) is 17.8. The Morgan fingerprint density at radius 3 is 1.35 bits per heavy atom. The van der Waals surface area contributed by atoms with Crippen molar-refractivity contribution in [1.82, 2.24) is 14.4 Å². The molecule has 8 heteroatoms. The van der Waals surface area contributed by atoms with Crippen molar-refractivity contribution >= 4 is 34.1 Å². The Morgan fingerprint density at radius 2 is 1.09 bits per heavy atom. The predicted molar refractivity (Wildman–Crippen MR) is 105 cm³/mol. The van der Waals surface area contributed by atoms with Crippen molar-refractivity contribution < 1.29 is 8.42 Å². The number of aromatic nitrogens is 3. The van der Waals surface area contributed by atoms with Gasteiger partial charge in [0.1, 0.15) is 0 Å². The molecular formula is C15H31N3O2P2S. The van der Waals surface area contributed by atoms with E-state index >= 15 is 0 Å². The molecule has 134 valence electrons. The van der Waals surface area contributed by atoms with Gasteiger partial charge < -0.3 is 0 Å². The van der Waals surface area contributed by atoms with Gasteiger partial charge in [0.05, 0.1) is 0 Å². The van der Waals surface area contributed by atoms with Crippen molar-refractivity contribution in [3.63, 3.8) is 0 Å². The van der Waals surface area contributed by atoms with Gasteiger partial charge in [-0.05, 0) is 0 Å². The molecule has 2 fully saturated rings. The van der Waals surface area contributed by atoms with Gasteiger partial charge in [-0.15, -0.1) is 0 Å². The van der Waals surface area contributed by atoms with E-state index in [9.17, 15) is 8.42 Å². The Kier molecular flexibility index (Phi) is 3.68. The molecule has 2 saturated heterocycles. The summed E-state index contributed by atoms with van der Waals surface area (Å²) in [4.78, 5) is 0. The van der Waals surface area contributed by atoms with Crippen molar-refractivity contribution in [2.24, 2.45) is 0 Å². The summed E-state index contributed by atoms with van der Waals surface area (Å²) >= 11 is 0. The third-order valence-corrected chi connectivity index (χ3v) is 17.7. The quantitative estimate of drug-likeness (QED) is 0.748. The van der Waals surface area contributed by atoms with Crippen molar-refractivity contribution in [3.8, 4) is 0 Å². The Bertz CT molecular complexity index is 700. The molecular weight excluding hydrogens is 348 g/mol. The van der Waals surface area contributed by atoms with Crippen LogP contribution in [0.5, 0.6) is 0 Å². The van der Waals surface area contributed by atoms with Crippen molar-refractivity contribution in [3.05, 3.63) is 0 Å². The molecule has 0 atom stereocenters. The fraction of sp³-hybridized carbons (Fsp3) is 0.867. The van der Waals surface area contributed by atoms with E-state index in [1.54, 1.807) is 0 Å². The molecule has 0 saturated carbocycles. The third-order valence-electron chi connectivity index (χ3n) is 6.30. The van der Waals surface area contributed by atoms with E-state index in [1.807, 2.05) is 0 Å². The van der Waals surface area contributed by atoms with Crippen LogP contribution in [-0.4, -0.2) is 80.4 Å². The van der Waals surface area contributed by atoms with E-state index in [2.05, 4.69) is 36.9 Å². The fourth-order valence-electron chi connectivity index (χ4n) is 4.53. The summed E-state index contributed by atoms with van der Waals surface area (Å²) in [7, 11) is -3.43. The second-order valence-electron chi connectivity index (χ2n) is 9.54. The minimum atomic E-state index is -3.43. The Balaban J connectivity index is 2.29. The SMILES string of the molecule is CS(=O)(=O)n1nc(P2(C)(C)CCCC2)c(P2(C)(C)CCCC2)n1. The van der Waals surface area contributed by atoms with Crippen LogP contribution in [0.4, 0.5) is 0 Å². The van der Waals surface area contributed by atoms with E-state index in [1.165, 1.54) is 56.6 Å². The molecule has 0 unspecified atom stereocenters. The van der Waals surface area contributed by atoms with Gasteiger partial charge >= 0.3 is 140 Å². The van der Waals surface area contributed by atoms with Crippen LogP contribution in [0.25, 0.3) is 0 Å². The zero-order valence-corrected chi connectivity index (χ0v) is 17.7. The first-order valence-electron chi connectivity index (χ1n) is 8.52. The van der Waals surface area contributed by atoms with E-state index < -0.39 is 23.2 Å². The predicted octanol–water partition coefficient (Wildman–Crippen LogP) is 1.55. The van der Waals surface area contributed by atoms with Gasteiger partial charge in [0.2, 0.25) is 0 Å². The average Bonchev–Trinajstić information content (AvgIpc) is 3.07. The molecule has 3 heterocycles. The van der Waals surface area contributed by atoms with Gasteiger partial charge in [-0.25, -0.2) is 0 Å². The standard InChI is InChI=1S/C15H31N3O2P2S/c1-21(2,10-6-7-11-21)14-15(17-18(16-14)23(5,19)20)22(3,4)12-8-9-13-22/h6-13H2,1-5H3. The van der Waals surface area contributed by atoms with Gasteiger partial charge in [0.15, 0.2) is 0 Å². The van der Waals surface area contributed by atoms with E-state index in [-0.39, 0.29) is 0 Å². The number of hydrogen-bond acceptors (Lipinski definition) is 4. The molecule has 0 amide bonds. The number of hydrogen-bond donors (Lipinski definition) is 0. The summed E-state index contributed by atoms with van der Waals surface area (Å²) in [5.74, 6) is 0. The van der Waals surface area contributed by atoms with Gasteiger partial charge in [-0.2, -0.15) is 0 Å². The normalized spacial score (nSPS) is 31.7. The van der Waals surface area contributed by atoms with Crippen LogP contribution < -0.4 is 10.9 Å². The van der Waals surface area contributed by atoms with Gasteiger partial charge in [-0.1, -0.05) is 0 Å². The zero-order chi connectivity index (χ0) is 17.2. The minimum absolute atomic E-state index is 1.04. The zero-order valence-electron chi connectivity index (χ0n) is 15.1. The Labute approximate surface area is 140 Å². The van der Waals surface area contributed by atoms with Gasteiger partial charge in [-0.3, -0.25) is 0 Å². The van der Waals surface area contributed by atoms with Crippen molar-refractivity contribution in [2.75, 3.05) is 57.6 Å². The number of rotatable bonds is 3. The van der Waals surface area contributed by atoms with E-state index in [0.29, 0.717) is 0 Å². The maximum atomic E-state index is 12.1. The maximum absolute atomic E-state index is 12.1. The van der Waals surface area contributed by atoms with Crippen LogP contribution in [0.2, 0.25) is 0 Å². The summed E-state index contributed by atoms with van der Waals surface area (Å²) in [6.45, 7) is 5.30. The molecule has 3 rings (SSSR count). The molecule has 1 aromatic heterocycles. The Hall–Kier alpha value is -0.0500. The van der Waals surface area contributed by atoms with Gasteiger partial charge in [0, 0.05) is 0 Å². The molecule has 0 bridgehead atoms. The second kappa shape index (κ2) is 4.77. The van der Waals surface area contributed by atoms with Crippen molar-refractivity contribution in [1.29, 1.82) is 0 Å². The molecule has 0 N–H and O–H groups in total. The van der Waals surface area contributed by atoms with Gasteiger partial charge in [0.25, 0.3) is 0 Å². The molecule has 1 aromatic rings. The van der Waals surface area contributed by atoms with Crippen LogP contribution in [0.15, 0.2) is 0 Å². The summed E-state index contributed by atoms with van der Waals surface area (Å²) < 4.78 is 25.3. The van der Waals surface area contributed by atoms with Crippen LogP contribution in [0, 0.1) is 0 Å². The summed E-state index contributed by atoms with van der Waals surface area (Å²) in [5, 5.41) is 9.30. The monoisotopic (exact) mass is 379 g/mol. The van der Waals surface area contributed by atoms with E-state index in [0.717, 1.165) is 15.1 Å². The van der Waals surface area contributed by atoms with Crippen LogP contribution >= 0.6 is 13.2 Å². The fourth-order valence-corrected chi connectivity index (χ4v) is 15.6. The molecule has 0 aliphatic carbocycles. The molecule has 2 aliphatic rings. The first-order valence-corrected chi connectivity index (χ1v) is 17.4.